The summed E-state index contributed by atoms with van der Waals surface area (Å²) in [4.78, 5) is 11.9. The number of hydrogen-bond donors (Lipinski definition) is 1. The minimum atomic E-state index is -0.0453. The van der Waals surface area contributed by atoms with Gasteiger partial charge in [-0.15, -0.1) is 10.2 Å². The number of fused-ring (bicyclic) bond motifs is 1. The van der Waals surface area contributed by atoms with Crippen molar-refractivity contribution in [2.24, 2.45) is 0 Å². The number of hydrogen-bond acceptors (Lipinski definition) is 4. The molecule has 1 N–H and O–H groups in total. The molecule has 0 unspecified atom stereocenters. The van der Waals surface area contributed by atoms with E-state index in [2.05, 4.69) is 32.2 Å². The molecule has 2 heterocycles. The van der Waals surface area contributed by atoms with E-state index in [-0.39, 0.29) is 11.2 Å². The minimum Gasteiger partial charge on any atom is -0.325 e. The van der Waals surface area contributed by atoms with Crippen molar-refractivity contribution in [3.63, 3.8) is 0 Å². The lowest BCUT2D eigenvalue weighted by molar-refractivity contribution is -0.115. The number of nitrogens with one attached hydrogen (secondary N) is 1. The number of carbonyl (C=O) groups is 1. The maximum atomic E-state index is 11.9. The summed E-state index contributed by atoms with van der Waals surface area (Å²) in [5.74, 6) is 2.20. The molecule has 1 aliphatic heterocycles. The van der Waals surface area contributed by atoms with Crippen LogP contribution in [0.1, 0.15) is 43.4 Å². The van der Waals surface area contributed by atoms with E-state index in [1.807, 2.05) is 25.3 Å². The van der Waals surface area contributed by atoms with Crippen molar-refractivity contribution < 1.29 is 4.79 Å². The van der Waals surface area contributed by atoms with Crippen molar-refractivity contribution in [3.05, 3.63) is 41.5 Å². The van der Waals surface area contributed by atoms with Gasteiger partial charge in [0.05, 0.1) is 5.25 Å². The van der Waals surface area contributed by atoms with Crippen LogP contribution >= 0.6 is 11.8 Å². The molecule has 5 nitrogen and oxygen atoms in total. The Kier molecular flexibility index (Phi) is 5.56. The summed E-state index contributed by atoms with van der Waals surface area (Å²) in [5, 5.41) is 11.6. The number of anilines is 1. The molecule has 0 radical (unpaired) electrons. The van der Waals surface area contributed by atoms with Crippen LogP contribution < -0.4 is 5.32 Å². The van der Waals surface area contributed by atoms with E-state index in [0.29, 0.717) is 0 Å². The topological polar surface area (TPSA) is 59.8 Å². The molecule has 1 aliphatic rings. The zero-order chi connectivity index (χ0) is 16.9. The number of thioether (sulfide) groups is 1. The number of rotatable bonds is 5. The SMILES string of the molecule is CS[C@@H](C)C(=O)Nc1ccc(Cc2nnc3n2CCCCC3)cc1. The van der Waals surface area contributed by atoms with Crippen LogP contribution in [0.25, 0.3) is 0 Å². The average Bonchev–Trinajstić information content (AvgIpc) is 2.82. The highest BCUT2D eigenvalue weighted by molar-refractivity contribution is 7.99. The Balaban J connectivity index is 1.66. The molecule has 1 aromatic carbocycles. The third kappa shape index (κ3) is 3.98. The van der Waals surface area contributed by atoms with E-state index in [9.17, 15) is 4.79 Å². The normalized spacial score (nSPS) is 15.4. The summed E-state index contributed by atoms with van der Waals surface area (Å²) < 4.78 is 2.28. The van der Waals surface area contributed by atoms with Crippen molar-refractivity contribution in [2.45, 2.75) is 50.8 Å². The van der Waals surface area contributed by atoms with Gasteiger partial charge < -0.3 is 9.88 Å². The summed E-state index contributed by atoms with van der Waals surface area (Å²) in [6.45, 7) is 2.93. The number of aromatic nitrogens is 3. The van der Waals surface area contributed by atoms with Gasteiger partial charge >= 0.3 is 0 Å². The highest BCUT2D eigenvalue weighted by Gasteiger charge is 2.15. The summed E-state index contributed by atoms with van der Waals surface area (Å²) in [6.07, 6.45) is 7.44. The molecule has 0 aliphatic carbocycles. The molecule has 2 aromatic rings. The molecular weight excluding hydrogens is 320 g/mol. The number of carbonyl (C=O) groups excluding carboxylic acids is 1. The van der Waals surface area contributed by atoms with Crippen molar-refractivity contribution in [1.82, 2.24) is 14.8 Å². The Hall–Kier alpha value is -1.82. The number of benzene rings is 1. The van der Waals surface area contributed by atoms with Crippen LogP contribution in [-0.4, -0.2) is 32.2 Å². The molecule has 0 saturated heterocycles. The van der Waals surface area contributed by atoms with Gasteiger partial charge in [0, 0.05) is 25.1 Å². The average molecular weight is 344 g/mol. The second-order valence-electron chi connectivity index (χ2n) is 6.24. The summed E-state index contributed by atoms with van der Waals surface area (Å²) in [6, 6.07) is 8.02. The molecule has 1 aromatic heterocycles. The predicted molar refractivity (Wildman–Crippen MR) is 98.4 cm³/mol. The van der Waals surface area contributed by atoms with Gasteiger partial charge in [-0.05, 0) is 43.7 Å². The van der Waals surface area contributed by atoms with Crippen LogP contribution in [0, 0.1) is 0 Å². The largest absolute Gasteiger partial charge is 0.325 e. The Bertz CT molecular complexity index is 696. The molecule has 0 bridgehead atoms. The first kappa shape index (κ1) is 17.0. The number of amides is 1. The number of nitrogens with zero attached hydrogens (tertiary/aromatic N) is 3. The van der Waals surface area contributed by atoms with Crippen LogP contribution in [0.3, 0.4) is 0 Å². The van der Waals surface area contributed by atoms with Crippen LogP contribution in [0.2, 0.25) is 0 Å². The molecule has 3 rings (SSSR count). The van der Waals surface area contributed by atoms with E-state index < -0.39 is 0 Å². The van der Waals surface area contributed by atoms with Crippen molar-refractivity contribution in [3.8, 4) is 0 Å². The second-order valence-corrected chi connectivity index (χ2v) is 7.41. The summed E-state index contributed by atoms with van der Waals surface area (Å²) in [5.41, 5.74) is 2.02. The lowest BCUT2D eigenvalue weighted by Gasteiger charge is -2.10. The zero-order valence-corrected chi connectivity index (χ0v) is 15.1. The maximum absolute atomic E-state index is 11.9. The predicted octanol–water partition coefficient (Wildman–Crippen LogP) is 3.29. The van der Waals surface area contributed by atoms with Crippen LogP contribution in [0.15, 0.2) is 24.3 Å². The standard InChI is InChI=1S/C18H24N4OS/c1-13(24-2)18(23)19-15-9-7-14(8-10-15)12-17-21-20-16-6-4-3-5-11-22(16)17/h7-10,13H,3-6,11-12H2,1-2H3,(H,19,23)/t13-/m0/s1. The van der Waals surface area contributed by atoms with Crippen LogP contribution in [0.5, 0.6) is 0 Å². The lowest BCUT2D eigenvalue weighted by Crippen LogP contribution is -2.21. The molecule has 6 heteroatoms. The fourth-order valence-corrected chi connectivity index (χ4v) is 3.19. The Morgan fingerprint density at radius 1 is 1.25 bits per heavy atom. The maximum Gasteiger partial charge on any atom is 0.237 e. The summed E-state index contributed by atoms with van der Waals surface area (Å²) >= 11 is 1.54. The first-order valence-corrected chi connectivity index (χ1v) is 9.79. The van der Waals surface area contributed by atoms with Gasteiger partial charge in [-0.2, -0.15) is 11.8 Å². The molecule has 128 valence electrons. The smallest absolute Gasteiger partial charge is 0.237 e. The van der Waals surface area contributed by atoms with Gasteiger partial charge in [0.2, 0.25) is 5.91 Å². The van der Waals surface area contributed by atoms with E-state index in [1.54, 1.807) is 11.8 Å². The van der Waals surface area contributed by atoms with E-state index >= 15 is 0 Å². The van der Waals surface area contributed by atoms with Crippen molar-refractivity contribution in [1.29, 1.82) is 0 Å². The minimum absolute atomic E-state index is 0.0398. The van der Waals surface area contributed by atoms with Crippen LogP contribution in [0.4, 0.5) is 5.69 Å². The number of aryl methyl sites for hydroxylation is 1. The summed E-state index contributed by atoms with van der Waals surface area (Å²) in [7, 11) is 0. The monoisotopic (exact) mass is 344 g/mol. The fraction of sp³-hybridized carbons (Fsp3) is 0.500. The molecule has 1 amide bonds. The third-order valence-corrected chi connectivity index (χ3v) is 5.41. The Labute approximate surface area is 147 Å². The molecule has 24 heavy (non-hydrogen) atoms. The molecular formula is C18H24N4OS. The molecule has 0 saturated carbocycles. The first-order valence-electron chi connectivity index (χ1n) is 8.51. The third-order valence-electron chi connectivity index (χ3n) is 4.49. The van der Waals surface area contributed by atoms with Gasteiger partial charge in [-0.1, -0.05) is 18.6 Å². The quantitative estimate of drug-likeness (QED) is 0.904. The molecule has 1 atom stereocenters. The van der Waals surface area contributed by atoms with E-state index in [1.165, 1.54) is 24.8 Å². The van der Waals surface area contributed by atoms with Gasteiger partial charge in [0.15, 0.2) is 0 Å². The van der Waals surface area contributed by atoms with E-state index in [0.717, 1.165) is 36.7 Å². The van der Waals surface area contributed by atoms with Crippen LogP contribution in [-0.2, 0) is 24.2 Å². The fourth-order valence-electron chi connectivity index (χ4n) is 2.92. The van der Waals surface area contributed by atoms with Crippen molar-refractivity contribution >= 4 is 23.4 Å². The highest BCUT2D eigenvalue weighted by atomic mass is 32.2. The van der Waals surface area contributed by atoms with Crippen molar-refractivity contribution in [2.75, 3.05) is 11.6 Å². The van der Waals surface area contributed by atoms with Gasteiger partial charge in [-0.25, -0.2) is 0 Å². The zero-order valence-electron chi connectivity index (χ0n) is 14.3. The lowest BCUT2D eigenvalue weighted by atomic mass is 10.1. The Morgan fingerprint density at radius 2 is 2.04 bits per heavy atom. The Morgan fingerprint density at radius 3 is 2.79 bits per heavy atom. The first-order chi connectivity index (χ1) is 11.7. The van der Waals surface area contributed by atoms with Gasteiger partial charge in [-0.3, -0.25) is 4.79 Å². The highest BCUT2D eigenvalue weighted by Crippen LogP contribution is 2.18. The second kappa shape index (κ2) is 7.83. The van der Waals surface area contributed by atoms with E-state index in [4.69, 9.17) is 0 Å². The van der Waals surface area contributed by atoms with Gasteiger partial charge in [0.1, 0.15) is 11.6 Å². The molecule has 0 spiro atoms. The van der Waals surface area contributed by atoms with Gasteiger partial charge in [0.25, 0.3) is 0 Å². The molecule has 0 fully saturated rings.